The van der Waals surface area contributed by atoms with Gasteiger partial charge in [-0.2, -0.15) is 0 Å². The van der Waals surface area contributed by atoms with Crippen LogP contribution in [0.25, 0.3) is 11.4 Å². The smallest absolute Gasteiger partial charge is 0.254 e. The zero-order chi connectivity index (χ0) is 13.7. The second-order valence-electron chi connectivity index (χ2n) is 4.44. The maximum Gasteiger partial charge on any atom is 0.254 e. The molecule has 0 radical (unpaired) electrons. The maximum atomic E-state index is 11.9. The average molecular weight is 255 g/mol. The van der Waals surface area contributed by atoms with Gasteiger partial charge in [0.2, 0.25) is 0 Å². The van der Waals surface area contributed by atoms with Gasteiger partial charge in [0.05, 0.1) is 5.56 Å². The van der Waals surface area contributed by atoms with Gasteiger partial charge in [0.25, 0.3) is 5.91 Å². The van der Waals surface area contributed by atoms with E-state index in [9.17, 15) is 4.79 Å². The van der Waals surface area contributed by atoms with E-state index in [-0.39, 0.29) is 11.9 Å². The first-order chi connectivity index (χ1) is 9.20. The van der Waals surface area contributed by atoms with E-state index in [1.165, 1.54) is 0 Å². The number of aromatic nitrogens is 2. The van der Waals surface area contributed by atoms with Crippen LogP contribution in [0.3, 0.4) is 0 Å². The molecule has 2 aromatic rings. The Morgan fingerprint density at radius 3 is 2.42 bits per heavy atom. The number of rotatable bonds is 4. The summed E-state index contributed by atoms with van der Waals surface area (Å²) in [5, 5.41) is 2.89. The van der Waals surface area contributed by atoms with Crippen LogP contribution in [0, 0.1) is 0 Å². The summed E-state index contributed by atoms with van der Waals surface area (Å²) in [5.74, 6) is 0.495. The Morgan fingerprint density at radius 1 is 1.21 bits per heavy atom. The third kappa shape index (κ3) is 3.37. The first kappa shape index (κ1) is 13.2. The topological polar surface area (TPSA) is 54.9 Å². The van der Waals surface area contributed by atoms with Gasteiger partial charge in [0.1, 0.15) is 0 Å². The third-order valence-electron chi connectivity index (χ3n) is 2.94. The van der Waals surface area contributed by atoms with Gasteiger partial charge in [0.15, 0.2) is 5.82 Å². The molecule has 1 heterocycles. The van der Waals surface area contributed by atoms with Gasteiger partial charge in [0, 0.05) is 24.0 Å². The second-order valence-corrected chi connectivity index (χ2v) is 4.44. The molecule has 0 spiro atoms. The molecule has 2 rings (SSSR count). The molecular weight excluding hydrogens is 238 g/mol. The molecule has 1 amide bonds. The van der Waals surface area contributed by atoms with E-state index < -0.39 is 0 Å². The van der Waals surface area contributed by atoms with E-state index in [0.29, 0.717) is 11.4 Å². The minimum atomic E-state index is -0.131. The highest BCUT2D eigenvalue weighted by Gasteiger charge is 2.09. The van der Waals surface area contributed by atoms with Crippen LogP contribution in [-0.4, -0.2) is 21.9 Å². The van der Waals surface area contributed by atoms with Crippen molar-refractivity contribution < 1.29 is 4.79 Å². The highest BCUT2D eigenvalue weighted by atomic mass is 16.1. The molecule has 1 N–H and O–H groups in total. The summed E-state index contributed by atoms with van der Waals surface area (Å²) >= 11 is 0. The molecule has 0 fully saturated rings. The largest absolute Gasteiger partial charge is 0.350 e. The summed E-state index contributed by atoms with van der Waals surface area (Å²) in [5.41, 5.74) is 1.43. The first-order valence-electron chi connectivity index (χ1n) is 6.39. The maximum absolute atomic E-state index is 11.9. The molecule has 19 heavy (non-hydrogen) atoms. The van der Waals surface area contributed by atoms with Crippen molar-refractivity contribution >= 4 is 5.91 Å². The van der Waals surface area contributed by atoms with E-state index in [4.69, 9.17) is 0 Å². The van der Waals surface area contributed by atoms with Crippen molar-refractivity contribution in [3.63, 3.8) is 0 Å². The molecule has 0 bridgehead atoms. The van der Waals surface area contributed by atoms with Crippen LogP contribution in [0.1, 0.15) is 30.6 Å². The zero-order valence-electron chi connectivity index (χ0n) is 11.1. The lowest BCUT2D eigenvalue weighted by atomic mass is 10.2. The molecule has 1 atom stereocenters. The number of nitrogens with one attached hydrogen (secondary N) is 1. The molecule has 1 aromatic heterocycles. The molecule has 0 saturated heterocycles. The normalized spacial score (nSPS) is 11.9. The molecule has 1 unspecified atom stereocenters. The number of hydrogen-bond donors (Lipinski definition) is 1. The van der Waals surface area contributed by atoms with Crippen molar-refractivity contribution in [2.24, 2.45) is 0 Å². The lowest BCUT2D eigenvalue weighted by Gasteiger charge is -2.10. The minimum absolute atomic E-state index is 0.131. The first-order valence-corrected chi connectivity index (χ1v) is 6.39. The lowest BCUT2D eigenvalue weighted by molar-refractivity contribution is 0.0938. The summed E-state index contributed by atoms with van der Waals surface area (Å²) in [7, 11) is 0. The van der Waals surface area contributed by atoms with Gasteiger partial charge < -0.3 is 5.32 Å². The number of carbonyl (C=O) groups excluding carboxylic acids is 1. The van der Waals surface area contributed by atoms with Crippen molar-refractivity contribution in [1.82, 2.24) is 15.3 Å². The summed E-state index contributed by atoms with van der Waals surface area (Å²) in [6, 6.07) is 9.84. The van der Waals surface area contributed by atoms with Gasteiger partial charge in [-0.3, -0.25) is 4.79 Å². The summed E-state index contributed by atoms with van der Waals surface area (Å²) in [4.78, 5) is 20.3. The average Bonchev–Trinajstić information content (AvgIpc) is 2.48. The Morgan fingerprint density at radius 2 is 1.84 bits per heavy atom. The van der Waals surface area contributed by atoms with Gasteiger partial charge in [-0.15, -0.1) is 0 Å². The predicted molar refractivity (Wildman–Crippen MR) is 74.7 cm³/mol. The fraction of sp³-hybridized carbons (Fsp3) is 0.267. The third-order valence-corrected chi connectivity index (χ3v) is 2.94. The fourth-order valence-electron chi connectivity index (χ4n) is 1.59. The zero-order valence-corrected chi connectivity index (χ0v) is 11.1. The van der Waals surface area contributed by atoms with Crippen LogP contribution in [0.5, 0.6) is 0 Å². The van der Waals surface area contributed by atoms with Crippen LogP contribution in [-0.2, 0) is 0 Å². The Balaban J connectivity index is 2.13. The SMILES string of the molecule is CCC(C)NC(=O)c1cnc(-c2ccccc2)nc1. The van der Waals surface area contributed by atoms with E-state index in [2.05, 4.69) is 15.3 Å². The minimum Gasteiger partial charge on any atom is -0.350 e. The van der Waals surface area contributed by atoms with Gasteiger partial charge >= 0.3 is 0 Å². The van der Waals surface area contributed by atoms with Crippen molar-refractivity contribution in [1.29, 1.82) is 0 Å². The van der Waals surface area contributed by atoms with Crippen LogP contribution in [0.2, 0.25) is 0 Å². The van der Waals surface area contributed by atoms with Gasteiger partial charge in [-0.05, 0) is 13.3 Å². The van der Waals surface area contributed by atoms with Crippen molar-refractivity contribution in [2.45, 2.75) is 26.3 Å². The van der Waals surface area contributed by atoms with Crippen LogP contribution in [0.15, 0.2) is 42.7 Å². The van der Waals surface area contributed by atoms with Crippen molar-refractivity contribution in [3.8, 4) is 11.4 Å². The molecule has 4 nitrogen and oxygen atoms in total. The molecular formula is C15H17N3O. The number of benzene rings is 1. The van der Waals surface area contributed by atoms with E-state index in [1.807, 2.05) is 44.2 Å². The summed E-state index contributed by atoms with van der Waals surface area (Å²) in [6.45, 7) is 4.00. The van der Waals surface area contributed by atoms with E-state index >= 15 is 0 Å². The standard InChI is InChI=1S/C15H17N3O/c1-3-11(2)18-15(19)13-9-16-14(17-10-13)12-7-5-4-6-8-12/h4-11H,3H2,1-2H3,(H,18,19). The summed E-state index contributed by atoms with van der Waals surface area (Å²) < 4.78 is 0. The highest BCUT2D eigenvalue weighted by Crippen LogP contribution is 2.13. The monoisotopic (exact) mass is 255 g/mol. The Labute approximate surface area is 112 Å². The Bertz CT molecular complexity index is 537. The van der Waals surface area contributed by atoms with Crippen LogP contribution >= 0.6 is 0 Å². The van der Waals surface area contributed by atoms with Crippen LogP contribution < -0.4 is 5.32 Å². The van der Waals surface area contributed by atoms with Gasteiger partial charge in [-0.1, -0.05) is 37.3 Å². The number of nitrogens with zero attached hydrogens (tertiary/aromatic N) is 2. The number of amides is 1. The van der Waals surface area contributed by atoms with E-state index in [1.54, 1.807) is 12.4 Å². The van der Waals surface area contributed by atoms with E-state index in [0.717, 1.165) is 12.0 Å². The molecule has 0 aliphatic carbocycles. The fourth-order valence-corrected chi connectivity index (χ4v) is 1.59. The number of carbonyl (C=O) groups is 1. The predicted octanol–water partition coefficient (Wildman–Crippen LogP) is 2.67. The molecule has 0 saturated carbocycles. The number of hydrogen-bond acceptors (Lipinski definition) is 3. The molecule has 1 aromatic carbocycles. The quantitative estimate of drug-likeness (QED) is 0.913. The second kappa shape index (κ2) is 6.09. The van der Waals surface area contributed by atoms with Crippen molar-refractivity contribution in [3.05, 3.63) is 48.3 Å². The Kier molecular flexibility index (Phi) is 4.23. The summed E-state index contributed by atoms with van der Waals surface area (Å²) in [6.07, 6.45) is 4.02. The van der Waals surface area contributed by atoms with Crippen LogP contribution in [0.4, 0.5) is 0 Å². The highest BCUT2D eigenvalue weighted by molar-refractivity contribution is 5.93. The molecule has 98 valence electrons. The van der Waals surface area contributed by atoms with Crippen molar-refractivity contribution in [2.75, 3.05) is 0 Å². The molecule has 0 aliphatic heterocycles. The lowest BCUT2D eigenvalue weighted by Crippen LogP contribution is -2.32. The molecule has 4 heteroatoms. The molecule has 0 aliphatic rings. The van der Waals surface area contributed by atoms with Gasteiger partial charge in [-0.25, -0.2) is 9.97 Å². The Hall–Kier alpha value is -2.23.